The molecule has 0 N–H and O–H groups in total. The molecule has 0 aromatic heterocycles. The molecule has 4 aliphatic rings. The highest BCUT2D eigenvalue weighted by Gasteiger charge is 2.59. The van der Waals surface area contributed by atoms with Gasteiger partial charge in [0.05, 0.1) is 7.11 Å². The van der Waals surface area contributed by atoms with Gasteiger partial charge in [-0.05, 0) is 68.4 Å². The molecule has 4 heteroatoms. The van der Waals surface area contributed by atoms with Crippen LogP contribution in [-0.4, -0.2) is 25.2 Å². The van der Waals surface area contributed by atoms with Crippen molar-refractivity contribution in [3.63, 3.8) is 0 Å². The first-order valence-electron chi connectivity index (χ1n) is 9.57. The fraction of sp³-hybridized carbons (Fsp3) is 0.714. The van der Waals surface area contributed by atoms with Crippen molar-refractivity contribution < 1.29 is 19.1 Å². The molecular weight excluding hydrogens is 316 g/mol. The summed E-state index contributed by atoms with van der Waals surface area (Å²) in [6.07, 6.45) is 11.7. The summed E-state index contributed by atoms with van der Waals surface area (Å²) in [7, 11) is 1.38. The first-order valence-corrected chi connectivity index (χ1v) is 9.57. The molecule has 0 aliphatic heterocycles. The number of allylic oxidation sites excluding steroid dienone is 4. The Bertz CT molecular complexity index is 663. The van der Waals surface area contributed by atoms with Crippen LogP contribution in [0.5, 0.6) is 0 Å². The highest BCUT2D eigenvalue weighted by molar-refractivity contribution is 6.01. The Morgan fingerprint density at radius 2 is 1.96 bits per heavy atom. The summed E-state index contributed by atoms with van der Waals surface area (Å²) in [5.41, 5.74) is 1.41. The summed E-state index contributed by atoms with van der Waals surface area (Å²) in [5, 5.41) is 0. The van der Waals surface area contributed by atoms with E-state index in [4.69, 9.17) is 9.47 Å². The van der Waals surface area contributed by atoms with Crippen molar-refractivity contribution in [2.75, 3.05) is 7.11 Å². The Morgan fingerprint density at radius 3 is 2.72 bits per heavy atom. The van der Waals surface area contributed by atoms with Crippen molar-refractivity contribution in [3.05, 3.63) is 23.8 Å². The third kappa shape index (κ3) is 2.40. The number of ether oxygens (including phenoxy) is 2. The quantitative estimate of drug-likeness (QED) is 0.660. The fourth-order valence-corrected chi connectivity index (χ4v) is 6.51. The van der Waals surface area contributed by atoms with E-state index >= 15 is 0 Å². The number of hydrogen-bond donors (Lipinski definition) is 0. The molecule has 0 aromatic rings. The number of ketones is 1. The van der Waals surface area contributed by atoms with Gasteiger partial charge < -0.3 is 9.47 Å². The minimum Gasteiger partial charge on any atom is -0.438 e. The van der Waals surface area contributed by atoms with Crippen LogP contribution in [0.25, 0.3) is 0 Å². The predicted octanol–water partition coefficient (Wildman–Crippen LogP) is 4.45. The highest BCUT2D eigenvalue weighted by atomic mass is 16.7. The molecule has 3 fully saturated rings. The molecule has 25 heavy (non-hydrogen) atoms. The first-order chi connectivity index (χ1) is 11.9. The van der Waals surface area contributed by atoms with Crippen molar-refractivity contribution in [1.82, 2.24) is 0 Å². The highest BCUT2D eigenvalue weighted by Crippen LogP contribution is 2.64. The molecule has 0 bridgehead atoms. The molecule has 136 valence electrons. The van der Waals surface area contributed by atoms with Crippen LogP contribution in [0.2, 0.25) is 0 Å². The number of rotatable bonds is 1. The van der Waals surface area contributed by atoms with E-state index in [1.807, 2.05) is 6.08 Å². The van der Waals surface area contributed by atoms with E-state index in [1.54, 1.807) is 6.08 Å². The van der Waals surface area contributed by atoms with E-state index in [0.717, 1.165) is 38.5 Å². The third-order valence-electron chi connectivity index (χ3n) is 7.87. The van der Waals surface area contributed by atoms with Gasteiger partial charge in [0.2, 0.25) is 0 Å². The summed E-state index contributed by atoms with van der Waals surface area (Å²) >= 11 is 0. The minimum absolute atomic E-state index is 0.0272. The summed E-state index contributed by atoms with van der Waals surface area (Å²) < 4.78 is 10.4. The molecule has 4 rings (SSSR count). The molecule has 4 aliphatic carbocycles. The maximum Gasteiger partial charge on any atom is 0.508 e. The lowest BCUT2D eigenvalue weighted by Gasteiger charge is -2.56. The minimum atomic E-state index is -0.552. The largest absolute Gasteiger partial charge is 0.508 e. The summed E-state index contributed by atoms with van der Waals surface area (Å²) in [6, 6.07) is 0. The van der Waals surface area contributed by atoms with Crippen LogP contribution < -0.4 is 0 Å². The zero-order chi connectivity index (χ0) is 17.8. The molecule has 0 aromatic carbocycles. The van der Waals surface area contributed by atoms with Crippen molar-refractivity contribution in [3.8, 4) is 0 Å². The van der Waals surface area contributed by atoms with E-state index in [9.17, 15) is 9.59 Å². The van der Waals surface area contributed by atoms with Gasteiger partial charge in [-0.1, -0.05) is 25.5 Å². The second-order valence-corrected chi connectivity index (χ2v) is 8.79. The van der Waals surface area contributed by atoms with Crippen LogP contribution in [0.15, 0.2) is 23.8 Å². The molecule has 4 nitrogen and oxygen atoms in total. The smallest absolute Gasteiger partial charge is 0.438 e. The van der Waals surface area contributed by atoms with Gasteiger partial charge in [0.15, 0.2) is 5.78 Å². The van der Waals surface area contributed by atoms with Crippen LogP contribution in [0.3, 0.4) is 0 Å². The normalized spacial score (nSPS) is 45.1. The van der Waals surface area contributed by atoms with Gasteiger partial charge in [0.1, 0.15) is 6.10 Å². The van der Waals surface area contributed by atoms with Gasteiger partial charge in [-0.15, -0.1) is 0 Å². The van der Waals surface area contributed by atoms with Gasteiger partial charge in [-0.25, -0.2) is 4.79 Å². The van der Waals surface area contributed by atoms with Gasteiger partial charge in [-0.2, -0.15) is 0 Å². The van der Waals surface area contributed by atoms with Crippen molar-refractivity contribution in [2.24, 2.45) is 28.6 Å². The second kappa shape index (κ2) is 5.72. The van der Waals surface area contributed by atoms with Crippen molar-refractivity contribution in [1.29, 1.82) is 0 Å². The zero-order valence-electron chi connectivity index (χ0n) is 15.4. The van der Waals surface area contributed by atoms with Crippen molar-refractivity contribution in [2.45, 2.75) is 58.5 Å². The van der Waals surface area contributed by atoms with Crippen LogP contribution in [0.1, 0.15) is 52.4 Å². The summed E-state index contributed by atoms with van der Waals surface area (Å²) in [4.78, 5) is 23.4. The Hall–Kier alpha value is -1.58. The lowest BCUT2D eigenvalue weighted by Crippen LogP contribution is -2.51. The first kappa shape index (κ1) is 16.9. The van der Waals surface area contributed by atoms with Gasteiger partial charge >= 0.3 is 6.16 Å². The van der Waals surface area contributed by atoms with Gasteiger partial charge in [-0.3, -0.25) is 4.79 Å². The number of methoxy groups -OCH3 is 1. The van der Waals surface area contributed by atoms with Crippen molar-refractivity contribution >= 4 is 11.9 Å². The summed E-state index contributed by atoms with van der Waals surface area (Å²) in [6.45, 7) is 4.63. The molecule has 0 heterocycles. The Balaban J connectivity index is 1.60. The van der Waals surface area contributed by atoms with Crippen LogP contribution >= 0.6 is 0 Å². The van der Waals surface area contributed by atoms with E-state index in [-0.39, 0.29) is 22.7 Å². The third-order valence-corrected chi connectivity index (χ3v) is 7.87. The van der Waals surface area contributed by atoms with Gasteiger partial charge in [0.25, 0.3) is 0 Å². The predicted molar refractivity (Wildman–Crippen MR) is 93.9 cm³/mol. The van der Waals surface area contributed by atoms with Crippen LogP contribution in [0.4, 0.5) is 4.79 Å². The molecule has 0 radical (unpaired) electrons. The topological polar surface area (TPSA) is 52.6 Å². The Morgan fingerprint density at radius 1 is 1.16 bits per heavy atom. The monoisotopic (exact) mass is 344 g/mol. The molecule has 3 saturated carbocycles. The van der Waals surface area contributed by atoms with E-state index in [0.29, 0.717) is 17.8 Å². The standard InChI is InChI=1S/C21H28O4/c1-20-10-8-14(22)12-13(20)4-5-15-16-6-7-18(25-19(23)24-3)21(16,2)11-9-17(15)20/h8,10,12,15-18H,4-7,9,11H2,1-3H3/t15-,16-,17-,18-,20-,21-/m0/s1. The molecule has 0 amide bonds. The molecule has 0 saturated heterocycles. The Kier molecular flexibility index (Phi) is 3.86. The number of carbonyl (C=O) groups excluding carboxylic acids is 2. The van der Waals surface area contributed by atoms with E-state index < -0.39 is 6.16 Å². The number of fused-ring (bicyclic) bond motifs is 5. The average Bonchev–Trinajstić information content (AvgIpc) is 2.92. The maximum absolute atomic E-state index is 11.8. The Labute approximate surface area is 149 Å². The molecular formula is C21H28O4. The fourth-order valence-electron chi connectivity index (χ4n) is 6.51. The zero-order valence-corrected chi connectivity index (χ0v) is 15.4. The average molecular weight is 344 g/mol. The van der Waals surface area contributed by atoms with Crippen LogP contribution in [-0.2, 0) is 14.3 Å². The van der Waals surface area contributed by atoms with Crippen LogP contribution in [0, 0.1) is 28.6 Å². The number of hydrogen-bond acceptors (Lipinski definition) is 4. The summed E-state index contributed by atoms with van der Waals surface area (Å²) in [5.74, 6) is 1.96. The molecule has 0 unspecified atom stereocenters. The van der Waals surface area contributed by atoms with E-state index in [2.05, 4.69) is 19.9 Å². The molecule has 0 spiro atoms. The molecule has 6 atom stereocenters. The SMILES string of the molecule is COC(=O)O[C@H]1CC[C@H]2[C@@H]3CCC4=CC(=O)C=C[C@]4(C)[C@H]3CC[C@]12C. The second-order valence-electron chi connectivity index (χ2n) is 8.79. The maximum atomic E-state index is 11.8. The lowest BCUT2D eigenvalue weighted by atomic mass is 9.48. The van der Waals surface area contributed by atoms with Gasteiger partial charge in [0, 0.05) is 10.8 Å². The lowest BCUT2D eigenvalue weighted by molar-refractivity contribution is -0.111. The number of carbonyl (C=O) groups is 2. The van der Waals surface area contributed by atoms with E-state index in [1.165, 1.54) is 12.7 Å².